The number of rotatable bonds is 8. The van der Waals surface area contributed by atoms with Gasteiger partial charge in [0.05, 0.1) is 11.4 Å². The van der Waals surface area contributed by atoms with Gasteiger partial charge in [0, 0.05) is 11.1 Å². The number of nitrogens with zero attached hydrogens (tertiary/aromatic N) is 2. The van der Waals surface area contributed by atoms with Crippen molar-refractivity contribution in [3.63, 3.8) is 0 Å². The Morgan fingerprint density at radius 3 is 1.89 bits per heavy atom. The summed E-state index contributed by atoms with van der Waals surface area (Å²) < 4.78 is 6.89. The Bertz CT molecular complexity index is 1230. The minimum absolute atomic E-state index is 0.00158. The fourth-order valence-electron chi connectivity index (χ4n) is 3.76. The van der Waals surface area contributed by atoms with Crippen LogP contribution < -0.4 is 10.1 Å². The van der Waals surface area contributed by atoms with E-state index in [4.69, 9.17) is 4.74 Å². The van der Waals surface area contributed by atoms with Crippen LogP contribution in [0.1, 0.15) is 60.9 Å². The van der Waals surface area contributed by atoms with E-state index in [-0.39, 0.29) is 17.7 Å². The van der Waals surface area contributed by atoms with Gasteiger partial charge >= 0.3 is 6.09 Å². The molecule has 0 aliphatic carbocycles. The third kappa shape index (κ3) is 7.86. The minimum Gasteiger partial charge on any atom is -0.410 e. The molecule has 0 saturated heterocycles. The fraction of sp³-hybridized carbons (Fsp3) is 0.300. The van der Waals surface area contributed by atoms with Gasteiger partial charge in [-0.3, -0.25) is 9.59 Å². The molecule has 3 rings (SSSR count). The first kappa shape index (κ1) is 28.8. The monoisotopic (exact) mass is 533 g/mol. The predicted octanol–water partition coefficient (Wildman–Crippen LogP) is 6.58. The fourth-order valence-corrected chi connectivity index (χ4v) is 4.72. The van der Waals surface area contributed by atoms with Crippen molar-refractivity contribution in [1.29, 1.82) is 0 Å². The van der Waals surface area contributed by atoms with Crippen LogP contribution in [0, 0.1) is 5.92 Å². The molecule has 3 aromatic rings. The molecule has 0 saturated carbocycles. The van der Waals surface area contributed by atoms with Crippen LogP contribution in [0.2, 0.25) is 0 Å². The quantitative estimate of drug-likeness (QED) is 0.201. The zero-order chi connectivity index (χ0) is 27.7. The molecule has 8 heteroatoms. The SMILES string of the molecule is CC(C)Cc1ccccc1OC(=O)NCSN(C(=O)c1ccccc1)N(C(=O)c1ccccc1)C(C)(C)C. The lowest BCUT2D eigenvalue weighted by Crippen LogP contribution is -2.55. The number of carbonyl (C=O) groups excluding carboxylic acids is 3. The number of carbonyl (C=O) groups is 3. The third-order valence-electron chi connectivity index (χ3n) is 5.43. The zero-order valence-corrected chi connectivity index (χ0v) is 23.3. The molecule has 0 unspecified atom stereocenters. The summed E-state index contributed by atoms with van der Waals surface area (Å²) >= 11 is 1.01. The van der Waals surface area contributed by atoms with E-state index >= 15 is 0 Å². The van der Waals surface area contributed by atoms with Gasteiger partial charge in [0.1, 0.15) is 5.75 Å². The van der Waals surface area contributed by atoms with Crippen molar-refractivity contribution in [2.75, 3.05) is 5.88 Å². The molecule has 0 spiro atoms. The van der Waals surface area contributed by atoms with E-state index < -0.39 is 11.6 Å². The van der Waals surface area contributed by atoms with Crippen molar-refractivity contribution in [2.45, 2.75) is 46.6 Å². The lowest BCUT2D eigenvalue weighted by molar-refractivity contribution is -0.000138. The number of hydrazine groups is 1. The summed E-state index contributed by atoms with van der Waals surface area (Å²) in [4.78, 5) is 40.0. The van der Waals surface area contributed by atoms with E-state index in [1.165, 1.54) is 9.42 Å². The molecule has 3 amide bonds. The Labute approximate surface area is 229 Å². The Balaban J connectivity index is 1.81. The van der Waals surface area contributed by atoms with Gasteiger partial charge < -0.3 is 10.1 Å². The van der Waals surface area contributed by atoms with Crippen LogP contribution >= 0.6 is 11.9 Å². The van der Waals surface area contributed by atoms with E-state index in [9.17, 15) is 14.4 Å². The molecular weight excluding hydrogens is 498 g/mol. The summed E-state index contributed by atoms with van der Waals surface area (Å²) in [6.45, 7) is 9.76. The summed E-state index contributed by atoms with van der Waals surface area (Å²) in [5.41, 5.74) is 1.06. The van der Waals surface area contributed by atoms with Gasteiger partial charge in [-0.1, -0.05) is 68.4 Å². The number of hydrogen-bond donors (Lipinski definition) is 1. The highest BCUT2D eigenvalue weighted by atomic mass is 32.2. The van der Waals surface area contributed by atoms with Gasteiger partial charge in [-0.05, 0) is 81.0 Å². The molecule has 1 N–H and O–H groups in total. The highest BCUT2D eigenvalue weighted by Crippen LogP contribution is 2.28. The Morgan fingerprint density at radius 1 is 0.816 bits per heavy atom. The maximum absolute atomic E-state index is 13.7. The lowest BCUT2D eigenvalue weighted by Gasteiger charge is -2.42. The van der Waals surface area contributed by atoms with Crippen LogP contribution in [0.5, 0.6) is 5.75 Å². The van der Waals surface area contributed by atoms with Gasteiger partial charge in [0.2, 0.25) is 0 Å². The smallest absolute Gasteiger partial charge is 0.410 e. The second kappa shape index (κ2) is 13.1. The molecule has 0 aliphatic rings. The molecule has 7 nitrogen and oxygen atoms in total. The highest BCUT2D eigenvalue weighted by molar-refractivity contribution is 7.97. The van der Waals surface area contributed by atoms with Crippen molar-refractivity contribution in [3.8, 4) is 5.75 Å². The third-order valence-corrected chi connectivity index (χ3v) is 6.28. The van der Waals surface area contributed by atoms with Crippen molar-refractivity contribution in [1.82, 2.24) is 14.7 Å². The van der Waals surface area contributed by atoms with E-state index in [1.807, 2.05) is 51.1 Å². The first-order chi connectivity index (χ1) is 18.1. The van der Waals surface area contributed by atoms with E-state index in [0.717, 1.165) is 23.9 Å². The van der Waals surface area contributed by atoms with Crippen molar-refractivity contribution >= 4 is 29.9 Å². The number of benzene rings is 3. The van der Waals surface area contributed by atoms with E-state index in [0.29, 0.717) is 22.8 Å². The maximum Gasteiger partial charge on any atom is 0.413 e. The molecule has 0 aliphatic heterocycles. The molecule has 0 fully saturated rings. The molecule has 0 aromatic heterocycles. The van der Waals surface area contributed by atoms with Gasteiger partial charge in [-0.25, -0.2) is 9.80 Å². The molecule has 3 aromatic carbocycles. The molecule has 0 heterocycles. The zero-order valence-electron chi connectivity index (χ0n) is 22.5. The Hall–Kier alpha value is -3.78. The number of ether oxygens (including phenoxy) is 1. The summed E-state index contributed by atoms with van der Waals surface area (Å²) in [6, 6.07) is 25.0. The van der Waals surface area contributed by atoms with Crippen LogP contribution in [0.25, 0.3) is 0 Å². The second-order valence-corrected chi connectivity index (χ2v) is 11.0. The number of hydrogen-bond acceptors (Lipinski definition) is 5. The molecule has 0 atom stereocenters. The van der Waals surface area contributed by atoms with Crippen LogP contribution in [-0.2, 0) is 6.42 Å². The Morgan fingerprint density at radius 2 is 1.34 bits per heavy atom. The van der Waals surface area contributed by atoms with E-state index in [2.05, 4.69) is 19.2 Å². The first-order valence-corrected chi connectivity index (χ1v) is 13.5. The van der Waals surface area contributed by atoms with Crippen LogP contribution in [0.4, 0.5) is 4.79 Å². The molecule has 0 radical (unpaired) electrons. The topological polar surface area (TPSA) is 79.0 Å². The number of amides is 3. The molecule has 38 heavy (non-hydrogen) atoms. The van der Waals surface area contributed by atoms with Gasteiger partial charge in [-0.2, -0.15) is 4.41 Å². The highest BCUT2D eigenvalue weighted by Gasteiger charge is 2.36. The summed E-state index contributed by atoms with van der Waals surface area (Å²) in [6.07, 6.45) is 0.136. The molecular formula is C30H35N3O4S. The summed E-state index contributed by atoms with van der Waals surface area (Å²) in [7, 11) is 0. The molecule has 200 valence electrons. The second-order valence-electron chi connectivity index (χ2n) is 10.1. The number of nitrogens with one attached hydrogen (secondary N) is 1. The summed E-state index contributed by atoms with van der Waals surface area (Å²) in [5.74, 6) is 0.184. The standard InChI is InChI=1S/C30H35N3O4S/c1-22(2)20-25-18-12-13-19-26(25)37-29(36)31-21-38-33(28(35)24-16-10-7-11-17-24)32(30(3,4)5)27(34)23-14-8-6-9-15-23/h6-19,22H,20-21H2,1-5H3,(H,31,36). The number of para-hydroxylation sites is 1. The van der Waals surface area contributed by atoms with E-state index in [1.54, 1.807) is 54.6 Å². The van der Waals surface area contributed by atoms with Crippen LogP contribution in [0.15, 0.2) is 84.9 Å². The van der Waals surface area contributed by atoms with Crippen LogP contribution in [0.3, 0.4) is 0 Å². The van der Waals surface area contributed by atoms with Crippen molar-refractivity contribution < 1.29 is 19.1 Å². The van der Waals surface area contributed by atoms with Crippen LogP contribution in [-0.4, -0.2) is 38.7 Å². The van der Waals surface area contributed by atoms with Gasteiger partial charge in [-0.15, -0.1) is 0 Å². The maximum atomic E-state index is 13.7. The summed E-state index contributed by atoms with van der Waals surface area (Å²) in [5, 5.41) is 4.13. The average Bonchev–Trinajstić information content (AvgIpc) is 2.88. The van der Waals surface area contributed by atoms with Gasteiger partial charge in [0.25, 0.3) is 11.8 Å². The van der Waals surface area contributed by atoms with Crippen molar-refractivity contribution in [3.05, 3.63) is 102 Å². The first-order valence-electron chi connectivity index (χ1n) is 12.5. The average molecular weight is 534 g/mol. The molecule has 0 bridgehead atoms. The van der Waals surface area contributed by atoms with Gasteiger partial charge in [0.15, 0.2) is 0 Å². The minimum atomic E-state index is -0.749. The normalized spacial score (nSPS) is 11.1. The van der Waals surface area contributed by atoms with Crippen molar-refractivity contribution in [2.24, 2.45) is 5.92 Å². The predicted molar refractivity (Wildman–Crippen MR) is 152 cm³/mol. The lowest BCUT2D eigenvalue weighted by atomic mass is 10.0. The largest absolute Gasteiger partial charge is 0.413 e. The Kier molecular flexibility index (Phi) is 9.96.